The summed E-state index contributed by atoms with van der Waals surface area (Å²) in [4.78, 5) is 10.7. The summed E-state index contributed by atoms with van der Waals surface area (Å²) in [5, 5.41) is 8.80. The van der Waals surface area contributed by atoms with E-state index in [-0.39, 0.29) is 5.41 Å². The van der Waals surface area contributed by atoms with Gasteiger partial charge in [0.05, 0.1) is 5.41 Å². The molecule has 0 unspecified atom stereocenters. The van der Waals surface area contributed by atoms with Crippen LogP contribution in [0.25, 0.3) is 0 Å². The van der Waals surface area contributed by atoms with Crippen molar-refractivity contribution in [3.63, 3.8) is 0 Å². The molecule has 0 bridgehead atoms. The van der Waals surface area contributed by atoms with Crippen LogP contribution >= 0.6 is 0 Å². The van der Waals surface area contributed by atoms with Gasteiger partial charge in [0.1, 0.15) is 0 Å². The molecule has 0 atom stereocenters. The molecule has 0 radical (unpaired) electrons. The third-order valence-electron chi connectivity index (χ3n) is 1.55. The molecular weight excluding hydrogens is 164 g/mol. The lowest BCUT2D eigenvalue weighted by Gasteiger charge is -2.28. The smallest absolute Gasteiger partial charge is 0.309 e. The van der Waals surface area contributed by atoms with Crippen LogP contribution in [0.15, 0.2) is 0 Å². The molecule has 0 saturated heterocycles. The minimum Gasteiger partial charge on any atom is -0.481 e. The van der Waals surface area contributed by atoms with E-state index in [0.29, 0.717) is 6.42 Å². The van der Waals surface area contributed by atoms with Crippen molar-refractivity contribution < 1.29 is 9.90 Å². The Morgan fingerprint density at radius 2 is 1.38 bits per heavy atom. The predicted octanol–water partition coefficient (Wildman–Crippen LogP) is 3.56. The summed E-state index contributed by atoms with van der Waals surface area (Å²) in [6.07, 6.45) is 0.704. The normalized spacial score (nSPS) is 11.6. The van der Waals surface area contributed by atoms with Gasteiger partial charge in [-0.3, -0.25) is 4.79 Å². The third kappa shape index (κ3) is 7.82. The molecule has 0 aliphatic carbocycles. The number of carboxylic acid groups (broad SMARTS) is 1. The van der Waals surface area contributed by atoms with Crippen LogP contribution in [0.4, 0.5) is 0 Å². The van der Waals surface area contributed by atoms with Gasteiger partial charge in [-0.25, -0.2) is 0 Å². The fraction of sp³-hybridized carbons (Fsp3) is 0.909. The van der Waals surface area contributed by atoms with Crippen molar-refractivity contribution in [1.29, 1.82) is 0 Å². The Bertz CT molecular complexity index is 152. The van der Waals surface area contributed by atoms with Crippen LogP contribution in [0.1, 0.15) is 54.9 Å². The number of rotatable bonds is 2. The van der Waals surface area contributed by atoms with E-state index in [2.05, 4.69) is 20.8 Å². The first kappa shape index (κ1) is 15.0. The van der Waals surface area contributed by atoms with Gasteiger partial charge in [0.25, 0.3) is 0 Å². The number of carbonyl (C=O) groups is 1. The van der Waals surface area contributed by atoms with E-state index in [4.69, 9.17) is 5.11 Å². The Balaban J connectivity index is 0. The van der Waals surface area contributed by atoms with Crippen molar-refractivity contribution in [3.8, 4) is 0 Å². The minimum absolute atomic E-state index is 0.0852. The second kappa shape index (κ2) is 5.25. The minimum atomic E-state index is -0.715. The zero-order chi connectivity index (χ0) is 11.3. The highest BCUT2D eigenvalue weighted by Gasteiger charge is 2.31. The lowest BCUT2D eigenvalue weighted by atomic mass is 9.76. The highest BCUT2D eigenvalue weighted by Crippen LogP contribution is 2.32. The van der Waals surface area contributed by atoms with Crippen LogP contribution in [-0.2, 0) is 4.79 Å². The van der Waals surface area contributed by atoms with Gasteiger partial charge in [-0.1, -0.05) is 34.6 Å². The molecule has 2 heteroatoms. The van der Waals surface area contributed by atoms with Crippen LogP contribution in [0.3, 0.4) is 0 Å². The lowest BCUT2D eigenvalue weighted by Crippen LogP contribution is -2.28. The quantitative estimate of drug-likeness (QED) is 0.719. The van der Waals surface area contributed by atoms with Gasteiger partial charge >= 0.3 is 5.97 Å². The Labute approximate surface area is 82.4 Å². The lowest BCUT2D eigenvalue weighted by molar-refractivity contribution is -0.148. The largest absolute Gasteiger partial charge is 0.481 e. The first-order valence-corrected chi connectivity index (χ1v) is 4.88. The number of aliphatic carboxylic acids is 1. The fourth-order valence-corrected chi connectivity index (χ4v) is 1.40. The van der Waals surface area contributed by atoms with Crippen molar-refractivity contribution in [2.24, 2.45) is 10.8 Å². The van der Waals surface area contributed by atoms with E-state index >= 15 is 0 Å². The molecular formula is C11H24O2. The summed E-state index contributed by atoms with van der Waals surface area (Å²) < 4.78 is 0. The molecule has 80 valence electrons. The van der Waals surface area contributed by atoms with E-state index in [1.807, 2.05) is 13.8 Å². The van der Waals surface area contributed by atoms with Gasteiger partial charge in [-0.15, -0.1) is 0 Å². The van der Waals surface area contributed by atoms with Crippen LogP contribution in [0, 0.1) is 10.8 Å². The van der Waals surface area contributed by atoms with Gasteiger partial charge in [0, 0.05) is 0 Å². The van der Waals surface area contributed by atoms with Crippen molar-refractivity contribution in [2.75, 3.05) is 0 Å². The average molecular weight is 188 g/mol. The van der Waals surface area contributed by atoms with E-state index in [1.165, 1.54) is 0 Å². The van der Waals surface area contributed by atoms with Crippen LogP contribution in [0.5, 0.6) is 0 Å². The van der Waals surface area contributed by atoms with E-state index in [9.17, 15) is 4.79 Å². The second-order valence-corrected chi connectivity index (χ2v) is 4.93. The predicted molar refractivity (Wildman–Crippen MR) is 56.8 cm³/mol. The highest BCUT2D eigenvalue weighted by molar-refractivity contribution is 5.73. The molecule has 0 fully saturated rings. The zero-order valence-electron chi connectivity index (χ0n) is 10.1. The molecule has 13 heavy (non-hydrogen) atoms. The van der Waals surface area contributed by atoms with Gasteiger partial charge < -0.3 is 5.11 Å². The van der Waals surface area contributed by atoms with E-state index < -0.39 is 11.4 Å². The molecule has 0 amide bonds. The highest BCUT2D eigenvalue weighted by atomic mass is 16.4. The van der Waals surface area contributed by atoms with Gasteiger partial charge in [-0.05, 0) is 25.7 Å². The molecule has 0 aromatic heterocycles. The summed E-state index contributed by atoms with van der Waals surface area (Å²) in [6.45, 7) is 13.7. The van der Waals surface area contributed by atoms with Gasteiger partial charge in [-0.2, -0.15) is 0 Å². The van der Waals surface area contributed by atoms with Crippen LogP contribution in [-0.4, -0.2) is 11.1 Å². The third-order valence-corrected chi connectivity index (χ3v) is 1.55. The van der Waals surface area contributed by atoms with Crippen molar-refractivity contribution in [1.82, 2.24) is 0 Å². The molecule has 0 aromatic carbocycles. The Hall–Kier alpha value is -0.530. The molecule has 0 spiro atoms. The first-order chi connectivity index (χ1) is 5.65. The summed E-state index contributed by atoms with van der Waals surface area (Å²) in [7, 11) is 0. The maximum atomic E-state index is 10.7. The second-order valence-electron chi connectivity index (χ2n) is 4.93. The Kier molecular flexibility index (Phi) is 6.05. The summed E-state index contributed by atoms with van der Waals surface area (Å²) in [5.74, 6) is -0.715. The summed E-state index contributed by atoms with van der Waals surface area (Å²) in [5.41, 5.74) is -0.514. The number of carboxylic acids is 1. The van der Waals surface area contributed by atoms with Crippen LogP contribution in [0.2, 0.25) is 0 Å². The summed E-state index contributed by atoms with van der Waals surface area (Å²) in [6, 6.07) is 0. The zero-order valence-corrected chi connectivity index (χ0v) is 10.1. The van der Waals surface area contributed by atoms with Crippen molar-refractivity contribution in [2.45, 2.75) is 54.9 Å². The molecule has 0 rings (SSSR count). The molecule has 1 N–H and O–H groups in total. The summed E-state index contributed by atoms with van der Waals surface area (Å²) >= 11 is 0. The first-order valence-electron chi connectivity index (χ1n) is 4.88. The number of hydrogen-bond donors (Lipinski definition) is 1. The van der Waals surface area contributed by atoms with Gasteiger partial charge in [0.15, 0.2) is 0 Å². The molecule has 0 aliphatic heterocycles. The average Bonchev–Trinajstić information content (AvgIpc) is 1.86. The SMILES string of the molecule is CC.CC(C)(C)CC(C)(C)C(=O)O. The van der Waals surface area contributed by atoms with Gasteiger partial charge in [0.2, 0.25) is 0 Å². The standard InChI is InChI=1S/C9H18O2.C2H6/c1-8(2,3)6-9(4,5)7(10)11;1-2/h6H2,1-5H3,(H,10,11);1-2H3. The maximum absolute atomic E-state index is 10.7. The molecule has 0 saturated carbocycles. The fourth-order valence-electron chi connectivity index (χ4n) is 1.40. The Morgan fingerprint density at radius 3 is 1.46 bits per heavy atom. The monoisotopic (exact) mass is 188 g/mol. The Morgan fingerprint density at radius 1 is 1.08 bits per heavy atom. The molecule has 0 aromatic rings. The van der Waals surface area contributed by atoms with E-state index in [1.54, 1.807) is 13.8 Å². The topological polar surface area (TPSA) is 37.3 Å². The number of hydrogen-bond acceptors (Lipinski definition) is 1. The van der Waals surface area contributed by atoms with E-state index in [0.717, 1.165) is 0 Å². The van der Waals surface area contributed by atoms with Crippen molar-refractivity contribution >= 4 is 5.97 Å². The molecule has 0 aliphatic rings. The molecule has 0 heterocycles. The molecule has 2 nitrogen and oxygen atoms in total. The van der Waals surface area contributed by atoms with Crippen LogP contribution < -0.4 is 0 Å². The maximum Gasteiger partial charge on any atom is 0.309 e. The van der Waals surface area contributed by atoms with Crippen molar-refractivity contribution in [3.05, 3.63) is 0 Å².